The zero-order valence-corrected chi connectivity index (χ0v) is 9.23. The van der Waals surface area contributed by atoms with E-state index in [4.69, 9.17) is 0 Å². The Morgan fingerprint density at radius 1 is 1.33 bits per heavy atom. The maximum Gasteiger partial charge on any atom is 0.266 e. The van der Waals surface area contributed by atoms with Crippen LogP contribution in [-0.2, 0) is 0 Å². The fraction of sp³-hybridized carbons (Fsp3) is 0.0833. The van der Waals surface area contributed by atoms with Gasteiger partial charge in [0.1, 0.15) is 0 Å². The van der Waals surface area contributed by atoms with E-state index in [2.05, 4.69) is 11.6 Å². The van der Waals surface area contributed by atoms with E-state index in [0.29, 0.717) is 9.20 Å². The van der Waals surface area contributed by atoms with Gasteiger partial charge in [0.05, 0.1) is 9.20 Å². The number of aromatic amines is 1. The van der Waals surface area contributed by atoms with Crippen molar-refractivity contribution in [1.82, 2.24) is 4.98 Å². The second kappa shape index (κ2) is 3.87. The van der Waals surface area contributed by atoms with E-state index in [0.717, 1.165) is 5.56 Å². The van der Waals surface area contributed by atoms with Crippen LogP contribution in [0.3, 0.4) is 0 Å². The quantitative estimate of drug-likeness (QED) is 0.759. The lowest BCUT2D eigenvalue weighted by molar-refractivity contribution is 1.26. The third kappa shape index (κ3) is 2.25. The van der Waals surface area contributed by atoms with Crippen LogP contribution < -0.4 is 14.8 Å². The normalized spacial score (nSPS) is 11.9. The number of rotatable bonds is 1. The van der Waals surface area contributed by atoms with Gasteiger partial charge in [0.25, 0.3) is 5.56 Å². The van der Waals surface area contributed by atoms with Crippen molar-refractivity contribution in [1.29, 1.82) is 0 Å². The molecule has 0 spiro atoms. The van der Waals surface area contributed by atoms with Crippen LogP contribution in [0.15, 0.2) is 29.1 Å². The summed E-state index contributed by atoms with van der Waals surface area (Å²) in [5.41, 5.74) is 2.18. The molecule has 1 heterocycles. The van der Waals surface area contributed by atoms with Crippen molar-refractivity contribution in [3.63, 3.8) is 0 Å². The summed E-state index contributed by atoms with van der Waals surface area (Å²) in [6, 6.07) is 8.05. The summed E-state index contributed by atoms with van der Waals surface area (Å²) in [5, 5.41) is 0. The Morgan fingerprint density at radius 3 is 2.53 bits per heavy atom. The molecule has 2 aromatic rings. The third-order valence-corrected chi connectivity index (χ3v) is 2.96. The lowest BCUT2D eigenvalue weighted by atomic mass is 10.1. The molecule has 0 saturated heterocycles. The van der Waals surface area contributed by atoms with Gasteiger partial charge in [-0.25, -0.2) is 0 Å². The summed E-state index contributed by atoms with van der Waals surface area (Å²) < 4.78 is 1.39. The van der Waals surface area contributed by atoms with Crippen LogP contribution in [0.4, 0.5) is 0 Å². The molecule has 0 saturated carbocycles. The molecule has 1 aromatic carbocycles. The van der Waals surface area contributed by atoms with E-state index in [1.807, 2.05) is 37.3 Å². The zero-order valence-electron chi connectivity index (χ0n) is 8.41. The molecule has 0 fully saturated rings. The van der Waals surface area contributed by atoms with Gasteiger partial charge in [0.15, 0.2) is 0 Å². The molecule has 0 radical (unpaired) electrons. The minimum Gasteiger partial charge on any atom is -0.313 e. The van der Waals surface area contributed by atoms with Crippen molar-refractivity contribution in [2.75, 3.05) is 0 Å². The molecule has 0 amide bonds. The van der Waals surface area contributed by atoms with E-state index < -0.39 is 0 Å². The van der Waals surface area contributed by atoms with Crippen molar-refractivity contribution < 1.29 is 0 Å². The van der Waals surface area contributed by atoms with Gasteiger partial charge in [-0.2, -0.15) is 0 Å². The Labute approximate surface area is 91.2 Å². The molecule has 0 aliphatic rings. The topological polar surface area (TPSA) is 32.9 Å². The molecule has 3 heteroatoms. The maximum absolute atomic E-state index is 11.4. The number of H-pyrrole nitrogens is 1. The summed E-state index contributed by atoms with van der Waals surface area (Å²) in [6.07, 6.45) is 1.87. The molecule has 1 N–H and O–H groups in total. The second-order valence-electron chi connectivity index (χ2n) is 3.40. The second-order valence-corrected chi connectivity index (χ2v) is 4.54. The molecule has 0 atom stereocenters. The minimum absolute atomic E-state index is 0.0643. The first-order valence-corrected chi connectivity index (χ1v) is 5.43. The number of hydrogen-bond donors (Lipinski definition) is 1. The van der Waals surface area contributed by atoms with Gasteiger partial charge < -0.3 is 4.98 Å². The number of hydrogen-bond acceptors (Lipinski definition) is 2. The van der Waals surface area contributed by atoms with Gasteiger partial charge in [-0.1, -0.05) is 36.4 Å². The molecule has 1 aromatic heterocycles. The summed E-state index contributed by atoms with van der Waals surface area (Å²) in [6.45, 7) is 5.74. The first kappa shape index (κ1) is 9.93. The maximum atomic E-state index is 11.4. The van der Waals surface area contributed by atoms with Gasteiger partial charge in [-0.3, -0.25) is 4.79 Å². The van der Waals surface area contributed by atoms with E-state index in [-0.39, 0.29) is 5.56 Å². The van der Waals surface area contributed by atoms with Gasteiger partial charge in [-0.05, 0) is 18.6 Å². The van der Waals surface area contributed by atoms with Crippen LogP contribution >= 0.6 is 11.3 Å². The Kier molecular flexibility index (Phi) is 2.56. The Hall–Kier alpha value is -1.61. The van der Waals surface area contributed by atoms with Crippen LogP contribution in [0.5, 0.6) is 0 Å². The van der Waals surface area contributed by atoms with Crippen LogP contribution in [0.2, 0.25) is 0 Å². The first-order valence-electron chi connectivity index (χ1n) is 4.61. The fourth-order valence-corrected chi connectivity index (χ4v) is 2.05. The molecular formula is C12H11NOS. The van der Waals surface area contributed by atoms with Gasteiger partial charge in [-0.15, -0.1) is 11.3 Å². The number of aromatic nitrogens is 1. The number of benzene rings is 1. The minimum atomic E-state index is -0.0643. The van der Waals surface area contributed by atoms with Crippen molar-refractivity contribution in [2.24, 2.45) is 0 Å². The number of nitrogens with one attached hydrogen (secondary N) is 1. The summed E-state index contributed by atoms with van der Waals surface area (Å²) in [4.78, 5) is 14.1. The summed E-state index contributed by atoms with van der Waals surface area (Å²) in [7, 11) is 0. The van der Waals surface area contributed by atoms with Gasteiger partial charge in [0.2, 0.25) is 0 Å². The molecule has 0 aliphatic carbocycles. The highest BCUT2D eigenvalue weighted by molar-refractivity contribution is 7.07. The van der Waals surface area contributed by atoms with Crippen molar-refractivity contribution in [3.05, 3.63) is 54.9 Å². The first-order chi connectivity index (χ1) is 7.15. The van der Waals surface area contributed by atoms with E-state index >= 15 is 0 Å². The molecule has 0 bridgehead atoms. The van der Waals surface area contributed by atoms with E-state index in [1.165, 1.54) is 16.9 Å². The molecule has 0 unspecified atom stereocenters. The van der Waals surface area contributed by atoms with Crippen molar-refractivity contribution in [3.8, 4) is 0 Å². The Morgan fingerprint density at radius 2 is 2.00 bits per heavy atom. The Bertz CT molecular complexity index is 619. The van der Waals surface area contributed by atoms with Gasteiger partial charge >= 0.3 is 0 Å². The molecule has 15 heavy (non-hydrogen) atoms. The smallest absolute Gasteiger partial charge is 0.266 e. The average molecular weight is 217 g/mol. The third-order valence-electron chi connectivity index (χ3n) is 2.09. The van der Waals surface area contributed by atoms with E-state index in [1.54, 1.807) is 0 Å². The average Bonchev–Trinajstić information content (AvgIpc) is 2.49. The van der Waals surface area contributed by atoms with Crippen molar-refractivity contribution >= 4 is 24.0 Å². The number of aryl methyl sites for hydroxylation is 1. The van der Waals surface area contributed by atoms with Gasteiger partial charge in [0, 0.05) is 0 Å². The van der Waals surface area contributed by atoms with Crippen LogP contribution in [0.1, 0.15) is 11.1 Å². The highest BCUT2D eigenvalue weighted by Gasteiger charge is 1.93. The zero-order chi connectivity index (χ0) is 10.8. The van der Waals surface area contributed by atoms with E-state index in [9.17, 15) is 4.79 Å². The summed E-state index contributed by atoms with van der Waals surface area (Å²) >= 11 is 1.38. The highest BCUT2D eigenvalue weighted by atomic mass is 32.1. The largest absolute Gasteiger partial charge is 0.313 e. The Balaban J connectivity index is 2.55. The molecule has 2 nitrogen and oxygen atoms in total. The predicted octanol–water partition coefficient (Wildman–Crippen LogP) is 0.984. The molecule has 0 aliphatic heterocycles. The van der Waals surface area contributed by atoms with Crippen LogP contribution in [0, 0.1) is 6.92 Å². The molecular weight excluding hydrogens is 206 g/mol. The molecule has 76 valence electrons. The standard InChI is InChI=1S/C12H11NOS/c1-8-3-5-10(6-4-8)7-11-12(14)13-9(2)15-11/h3-7H,2H2,1H3,(H,13,14)/b11-7-. The van der Waals surface area contributed by atoms with Crippen LogP contribution in [-0.4, -0.2) is 4.98 Å². The number of thiazole rings is 1. The lowest BCUT2D eigenvalue weighted by Crippen LogP contribution is -2.19. The van der Waals surface area contributed by atoms with Crippen molar-refractivity contribution in [2.45, 2.75) is 6.92 Å². The fourth-order valence-electron chi connectivity index (χ4n) is 1.30. The highest BCUT2D eigenvalue weighted by Crippen LogP contribution is 2.02. The lowest BCUT2D eigenvalue weighted by Gasteiger charge is -1.92. The predicted molar refractivity (Wildman–Crippen MR) is 64.5 cm³/mol. The SMILES string of the molecule is C=c1[nH]c(=O)/c(=C/c2ccc(C)cc2)s1. The molecule has 2 rings (SSSR count). The van der Waals surface area contributed by atoms with Crippen LogP contribution in [0.25, 0.3) is 12.7 Å². The summed E-state index contributed by atoms with van der Waals surface area (Å²) in [5.74, 6) is 0. The monoisotopic (exact) mass is 217 g/mol.